The Balaban J connectivity index is 2.10. The molecule has 2 N–H and O–H groups in total. The van der Waals surface area contributed by atoms with Crippen LogP contribution in [0.4, 0.5) is 0 Å². The number of hydrogen-bond acceptors (Lipinski definition) is 4. The maximum absolute atomic E-state index is 12.6. The van der Waals surface area contributed by atoms with Crippen LogP contribution in [0.1, 0.15) is 28.6 Å². The molecule has 1 aliphatic heterocycles. The quantitative estimate of drug-likeness (QED) is 0.779. The van der Waals surface area contributed by atoms with Crippen molar-refractivity contribution in [3.63, 3.8) is 0 Å². The second-order valence-electron chi connectivity index (χ2n) is 4.82. The van der Waals surface area contributed by atoms with E-state index < -0.39 is 0 Å². The number of nitrogens with zero attached hydrogens (tertiary/aromatic N) is 2. The van der Waals surface area contributed by atoms with Crippen molar-refractivity contribution < 1.29 is 9.59 Å². The molecule has 112 valence electrons. The van der Waals surface area contributed by atoms with Gasteiger partial charge in [0.1, 0.15) is 4.88 Å². The van der Waals surface area contributed by atoms with Crippen LogP contribution in [0.15, 0.2) is 11.4 Å². The summed E-state index contributed by atoms with van der Waals surface area (Å²) in [6.45, 7) is 4.39. The van der Waals surface area contributed by atoms with Crippen LogP contribution in [0.5, 0.6) is 0 Å². The predicted molar refractivity (Wildman–Crippen MR) is 83.0 cm³/mol. The van der Waals surface area contributed by atoms with E-state index in [1.807, 2.05) is 16.3 Å². The SMILES string of the molecule is CC(=O)N1CCCN(C(=O)c2sccc2C#CCN)CC1. The topological polar surface area (TPSA) is 66.6 Å². The average Bonchev–Trinajstić information content (AvgIpc) is 2.78. The van der Waals surface area contributed by atoms with Crippen LogP contribution in [0.3, 0.4) is 0 Å². The van der Waals surface area contributed by atoms with Gasteiger partial charge >= 0.3 is 0 Å². The lowest BCUT2D eigenvalue weighted by Gasteiger charge is -2.21. The van der Waals surface area contributed by atoms with Crippen LogP contribution >= 0.6 is 11.3 Å². The Morgan fingerprint density at radius 2 is 2.00 bits per heavy atom. The van der Waals surface area contributed by atoms with E-state index in [4.69, 9.17) is 5.73 Å². The Labute approximate surface area is 128 Å². The van der Waals surface area contributed by atoms with Gasteiger partial charge in [-0.05, 0) is 17.9 Å². The highest BCUT2D eigenvalue weighted by atomic mass is 32.1. The van der Waals surface area contributed by atoms with E-state index in [0.29, 0.717) is 31.1 Å². The molecular formula is C15H19N3O2S. The van der Waals surface area contributed by atoms with Crippen molar-refractivity contribution >= 4 is 23.2 Å². The van der Waals surface area contributed by atoms with Crippen molar-refractivity contribution in [2.24, 2.45) is 5.73 Å². The molecule has 2 heterocycles. The molecule has 1 aromatic heterocycles. The van der Waals surface area contributed by atoms with E-state index in [1.54, 1.807) is 11.8 Å². The van der Waals surface area contributed by atoms with Gasteiger partial charge in [-0.25, -0.2) is 0 Å². The van der Waals surface area contributed by atoms with Crippen LogP contribution in [-0.2, 0) is 4.79 Å². The Bertz CT molecular complexity index is 585. The zero-order valence-electron chi connectivity index (χ0n) is 12.1. The Morgan fingerprint density at radius 1 is 1.29 bits per heavy atom. The number of rotatable bonds is 1. The summed E-state index contributed by atoms with van der Waals surface area (Å²) < 4.78 is 0. The third-order valence-electron chi connectivity index (χ3n) is 3.41. The van der Waals surface area contributed by atoms with Gasteiger partial charge in [0, 0.05) is 38.7 Å². The highest BCUT2D eigenvalue weighted by molar-refractivity contribution is 7.12. The van der Waals surface area contributed by atoms with E-state index in [0.717, 1.165) is 12.0 Å². The summed E-state index contributed by atoms with van der Waals surface area (Å²) in [7, 11) is 0. The summed E-state index contributed by atoms with van der Waals surface area (Å²) in [5.41, 5.74) is 6.11. The molecule has 5 nitrogen and oxygen atoms in total. The molecule has 0 radical (unpaired) electrons. The molecule has 2 rings (SSSR count). The summed E-state index contributed by atoms with van der Waals surface area (Å²) >= 11 is 1.40. The van der Waals surface area contributed by atoms with E-state index in [2.05, 4.69) is 11.8 Å². The summed E-state index contributed by atoms with van der Waals surface area (Å²) in [6.07, 6.45) is 0.806. The van der Waals surface area contributed by atoms with Gasteiger partial charge in [0.25, 0.3) is 5.91 Å². The first-order valence-corrected chi connectivity index (χ1v) is 7.82. The maximum atomic E-state index is 12.6. The van der Waals surface area contributed by atoms with Gasteiger partial charge in [-0.15, -0.1) is 11.3 Å². The van der Waals surface area contributed by atoms with E-state index in [9.17, 15) is 9.59 Å². The summed E-state index contributed by atoms with van der Waals surface area (Å²) in [6, 6.07) is 1.85. The van der Waals surface area contributed by atoms with Crippen LogP contribution in [0.2, 0.25) is 0 Å². The highest BCUT2D eigenvalue weighted by Crippen LogP contribution is 2.19. The second kappa shape index (κ2) is 7.25. The van der Waals surface area contributed by atoms with E-state index in [-0.39, 0.29) is 18.4 Å². The molecule has 1 aliphatic rings. The largest absolute Gasteiger partial charge is 0.341 e. The Hall–Kier alpha value is -1.84. The normalized spacial score (nSPS) is 15.1. The molecular weight excluding hydrogens is 286 g/mol. The van der Waals surface area contributed by atoms with Crippen LogP contribution in [0, 0.1) is 11.8 Å². The Morgan fingerprint density at radius 3 is 2.71 bits per heavy atom. The van der Waals surface area contributed by atoms with Crippen molar-refractivity contribution in [1.29, 1.82) is 0 Å². The van der Waals surface area contributed by atoms with Crippen LogP contribution in [-0.4, -0.2) is 54.3 Å². The summed E-state index contributed by atoms with van der Waals surface area (Å²) in [5.74, 6) is 5.78. The lowest BCUT2D eigenvalue weighted by Crippen LogP contribution is -2.36. The van der Waals surface area contributed by atoms with E-state index >= 15 is 0 Å². The lowest BCUT2D eigenvalue weighted by atomic mass is 10.2. The van der Waals surface area contributed by atoms with Gasteiger partial charge in [0.2, 0.25) is 5.91 Å². The van der Waals surface area contributed by atoms with Crippen molar-refractivity contribution in [1.82, 2.24) is 9.80 Å². The fourth-order valence-electron chi connectivity index (χ4n) is 2.30. The molecule has 2 amide bonds. The van der Waals surface area contributed by atoms with Crippen molar-refractivity contribution in [2.45, 2.75) is 13.3 Å². The molecule has 0 aliphatic carbocycles. The standard InChI is InChI=1S/C15H19N3O2S/c1-12(19)17-7-3-8-18(10-9-17)15(20)14-13(4-2-6-16)5-11-21-14/h5,11H,3,6-10,16H2,1H3. The molecule has 0 aromatic carbocycles. The van der Waals surface area contributed by atoms with Gasteiger partial charge in [-0.2, -0.15) is 0 Å². The second-order valence-corrected chi connectivity index (χ2v) is 5.74. The zero-order chi connectivity index (χ0) is 15.2. The minimum atomic E-state index is -0.00303. The molecule has 0 atom stereocenters. The molecule has 1 saturated heterocycles. The summed E-state index contributed by atoms with van der Waals surface area (Å²) in [5, 5.41) is 1.87. The minimum Gasteiger partial charge on any atom is -0.341 e. The first kappa shape index (κ1) is 15.5. The summed E-state index contributed by atoms with van der Waals surface area (Å²) in [4.78, 5) is 28.3. The molecule has 0 bridgehead atoms. The average molecular weight is 305 g/mol. The predicted octanol–water partition coefficient (Wildman–Crippen LogP) is 0.753. The smallest absolute Gasteiger partial charge is 0.265 e. The molecule has 21 heavy (non-hydrogen) atoms. The fraction of sp³-hybridized carbons (Fsp3) is 0.467. The van der Waals surface area contributed by atoms with Crippen molar-refractivity contribution in [2.75, 3.05) is 32.7 Å². The molecule has 1 fully saturated rings. The third kappa shape index (κ3) is 3.84. The molecule has 0 spiro atoms. The fourth-order valence-corrected chi connectivity index (χ4v) is 3.11. The lowest BCUT2D eigenvalue weighted by molar-refractivity contribution is -0.128. The first-order valence-electron chi connectivity index (χ1n) is 6.94. The van der Waals surface area contributed by atoms with Gasteiger partial charge in [-0.1, -0.05) is 11.8 Å². The third-order valence-corrected chi connectivity index (χ3v) is 4.32. The molecule has 6 heteroatoms. The van der Waals surface area contributed by atoms with Crippen LogP contribution in [0.25, 0.3) is 0 Å². The minimum absolute atomic E-state index is 0.00303. The van der Waals surface area contributed by atoms with E-state index in [1.165, 1.54) is 11.3 Å². The maximum Gasteiger partial charge on any atom is 0.265 e. The number of amides is 2. The molecule has 1 aromatic rings. The number of thiophene rings is 1. The zero-order valence-corrected chi connectivity index (χ0v) is 12.9. The number of nitrogens with two attached hydrogens (primary N) is 1. The van der Waals surface area contributed by atoms with Gasteiger partial charge in [0.05, 0.1) is 6.54 Å². The molecule has 0 unspecified atom stereocenters. The van der Waals surface area contributed by atoms with Crippen molar-refractivity contribution in [3.8, 4) is 11.8 Å². The highest BCUT2D eigenvalue weighted by Gasteiger charge is 2.23. The van der Waals surface area contributed by atoms with Crippen LogP contribution < -0.4 is 5.73 Å². The Kier molecular flexibility index (Phi) is 5.37. The first-order chi connectivity index (χ1) is 10.1. The monoisotopic (exact) mass is 305 g/mol. The van der Waals surface area contributed by atoms with Gasteiger partial charge in [-0.3, -0.25) is 9.59 Å². The number of carbonyl (C=O) groups is 2. The van der Waals surface area contributed by atoms with Gasteiger partial charge in [0.15, 0.2) is 0 Å². The molecule has 0 saturated carbocycles. The number of hydrogen-bond donors (Lipinski definition) is 1. The van der Waals surface area contributed by atoms with Gasteiger partial charge < -0.3 is 15.5 Å². The number of carbonyl (C=O) groups excluding carboxylic acids is 2. The van der Waals surface area contributed by atoms with Crippen molar-refractivity contribution in [3.05, 3.63) is 21.9 Å².